The molecule has 0 spiro atoms. The number of aliphatic hydroxyl groups excluding tert-OH is 2. The van der Waals surface area contributed by atoms with Crippen LogP contribution in [0.4, 0.5) is 0 Å². The van der Waals surface area contributed by atoms with Gasteiger partial charge in [-0.3, -0.25) is 14.4 Å². The van der Waals surface area contributed by atoms with Crippen molar-refractivity contribution < 1.29 is 34.8 Å². The zero-order chi connectivity index (χ0) is 26.5. The lowest BCUT2D eigenvalue weighted by molar-refractivity contribution is -0.138. The Morgan fingerprint density at radius 1 is 0.886 bits per heavy atom. The minimum absolute atomic E-state index is 0.0548. The molecule has 0 bridgehead atoms. The van der Waals surface area contributed by atoms with Crippen LogP contribution in [0.25, 0.3) is 0 Å². The summed E-state index contributed by atoms with van der Waals surface area (Å²) in [5.41, 5.74) is 5.81. The molecule has 7 N–H and O–H groups in total. The summed E-state index contributed by atoms with van der Waals surface area (Å²) < 4.78 is 0. The average molecular weight is 513 g/mol. The highest BCUT2D eigenvalue weighted by molar-refractivity contribution is 8.00. The van der Waals surface area contributed by atoms with Crippen molar-refractivity contribution in [2.24, 2.45) is 5.73 Å². The van der Waals surface area contributed by atoms with Crippen molar-refractivity contribution in [2.45, 2.75) is 75.4 Å². The van der Waals surface area contributed by atoms with Crippen molar-refractivity contribution >= 4 is 29.6 Å². The van der Waals surface area contributed by atoms with Gasteiger partial charge in [-0.2, -0.15) is 0 Å². The third kappa shape index (κ3) is 19.6. The van der Waals surface area contributed by atoms with E-state index in [1.165, 1.54) is 11.8 Å². The van der Waals surface area contributed by atoms with Crippen LogP contribution in [0.3, 0.4) is 0 Å². The maximum Gasteiger partial charge on any atom is 0.322 e. The van der Waals surface area contributed by atoms with Gasteiger partial charge in [-0.05, 0) is 19.3 Å². The molecule has 1 amide bonds. The third-order valence-electron chi connectivity index (χ3n) is 4.78. The smallest absolute Gasteiger partial charge is 0.322 e. The van der Waals surface area contributed by atoms with Crippen LogP contribution in [-0.4, -0.2) is 74.1 Å². The van der Waals surface area contributed by atoms with Gasteiger partial charge in [0.1, 0.15) is 6.54 Å². The number of carbonyl (C=O) groups is 3. The lowest BCUT2D eigenvalue weighted by atomic mass is 10.1. The summed E-state index contributed by atoms with van der Waals surface area (Å²) in [4.78, 5) is 33.2. The van der Waals surface area contributed by atoms with E-state index in [1.54, 1.807) is 48.6 Å². The molecular weight excluding hydrogens is 472 g/mol. The summed E-state index contributed by atoms with van der Waals surface area (Å²) in [6, 6.07) is -0.955. The second kappa shape index (κ2) is 20.9. The van der Waals surface area contributed by atoms with E-state index in [-0.39, 0.29) is 18.6 Å². The lowest BCUT2D eigenvalue weighted by Crippen LogP contribution is -2.44. The number of thioether (sulfide) groups is 1. The number of nitrogens with two attached hydrogens (primary N) is 1. The van der Waals surface area contributed by atoms with Gasteiger partial charge in [-0.25, -0.2) is 0 Å². The van der Waals surface area contributed by atoms with Crippen molar-refractivity contribution in [3.8, 4) is 0 Å². The zero-order valence-electron chi connectivity index (χ0n) is 20.3. The van der Waals surface area contributed by atoms with Crippen LogP contribution in [0.2, 0.25) is 0 Å². The molecule has 4 atom stereocenters. The Balaban J connectivity index is 4.81. The fourth-order valence-electron chi connectivity index (χ4n) is 2.83. The number of carbonyl (C=O) groups excluding carboxylic acids is 1. The van der Waals surface area contributed by atoms with Gasteiger partial charge in [-0.15, -0.1) is 11.8 Å². The maximum absolute atomic E-state index is 11.9. The first-order valence-electron chi connectivity index (χ1n) is 11.8. The van der Waals surface area contributed by atoms with Crippen molar-refractivity contribution in [1.82, 2.24) is 5.32 Å². The molecule has 198 valence electrons. The number of carboxylic acids is 2. The van der Waals surface area contributed by atoms with Gasteiger partial charge in [0.25, 0.3) is 0 Å². The zero-order valence-corrected chi connectivity index (χ0v) is 21.1. The fourth-order valence-corrected chi connectivity index (χ4v) is 3.97. The van der Waals surface area contributed by atoms with Crippen molar-refractivity contribution in [3.63, 3.8) is 0 Å². The molecule has 0 aliphatic carbocycles. The molecule has 0 radical (unpaired) electrons. The molecule has 0 aliphatic rings. The van der Waals surface area contributed by atoms with Crippen LogP contribution in [0.5, 0.6) is 0 Å². The topological polar surface area (TPSA) is 170 Å². The summed E-state index contributed by atoms with van der Waals surface area (Å²) in [7, 11) is 0. The molecule has 10 heteroatoms. The molecule has 0 heterocycles. The summed E-state index contributed by atoms with van der Waals surface area (Å²) in [5, 5.41) is 39.5. The van der Waals surface area contributed by atoms with Gasteiger partial charge in [-0.1, -0.05) is 74.8 Å². The van der Waals surface area contributed by atoms with E-state index in [0.29, 0.717) is 6.42 Å². The van der Waals surface area contributed by atoms with E-state index in [0.717, 1.165) is 25.7 Å². The number of amides is 1. The van der Waals surface area contributed by atoms with Crippen LogP contribution in [0.1, 0.15) is 51.9 Å². The number of nitrogens with one attached hydrogen (secondary N) is 1. The molecule has 0 aromatic rings. The van der Waals surface area contributed by atoms with Gasteiger partial charge < -0.3 is 31.5 Å². The van der Waals surface area contributed by atoms with E-state index in [9.17, 15) is 24.6 Å². The Morgan fingerprint density at radius 2 is 1.51 bits per heavy atom. The van der Waals surface area contributed by atoms with Crippen molar-refractivity contribution in [2.75, 3.05) is 12.3 Å². The molecule has 0 saturated heterocycles. The average Bonchev–Trinajstić information content (AvgIpc) is 2.80. The Kier molecular flexibility index (Phi) is 19.5. The van der Waals surface area contributed by atoms with Gasteiger partial charge in [0.15, 0.2) is 0 Å². The monoisotopic (exact) mass is 512 g/mol. The summed E-state index contributed by atoms with van der Waals surface area (Å²) in [6.07, 6.45) is 17.3. The first kappa shape index (κ1) is 32.6. The van der Waals surface area contributed by atoms with Crippen LogP contribution >= 0.6 is 11.8 Å². The van der Waals surface area contributed by atoms with E-state index in [4.69, 9.17) is 15.9 Å². The highest BCUT2D eigenvalue weighted by Gasteiger charge is 2.21. The third-order valence-corrected chi connectivity index (χ3v) is 6.19. The highest BCUT2D eigenvalue weighted by atomic mass is 32.2. The predicted octanol–water partition coefficient (Wildman–Crippen LogP) is 2.40. The van der Waals surface area contributed by atoms with Gasteiger partial charge in [0.05, 0.1) is 18.2 Å². The molecule has 0 fully saturated rings. The number of allylic oxidation sites excluding steroid dienone is 6. The molecule has 0 aromatic heterocycles. The minimum atomic E-state index is -1.17. The minimum Gasteiger partial charge on any atom is -0.481 e. The largest absolute Gasteiger partial charge is 0.481 e. The number of aliphatic carboxylic acids is 2. The molecule has 0 rings (SSSR count). The molecule has 35 heavy (non-hydrogen) atoms. The Labute approximate surface area is 211 Å². The van der Waals surface area contributed by atoms with E-state index < -0.39 is 47.9 Å². The highest BCUT2D eigenvalue weighted by Crippen LogP contribution is 2.21. The maximum atomic E-state index is 11.9. The number of carboxylic acid groups (broad SMARTS) is 2. The first-order chi connectivity index (χ1) is 16.7. The van der Waals surface area contributed by atoms with E-state index in [2.05, 4.69) is 12.2 Å². The van der Waals surface area contributed by atoms with Crippen LogP contribution in [0, 0.1) is 0 Å². The lowest BCUT2D eigenvalue weighted by Gasteiger charge is -2.21. The second-order valence-corrected chi connectivity index (χ2v) is 9.18. The number of rotatable bonds is 20. The quantitative estimate of drug-likeness (QED) is 0.106. The number of hydrogen-bond acceptors (Lipinski definition) is 7. The van der Waals surface area contributed by atoms with Gasteiger partial charge in [0.2, 0.25) is 5.91 Å². The normalized spacial score (nSPS) is 15.7. The van der Waals surface area contributed by atoms with Crippen molar-refractivity contribution in [3.05, 3.63) is 48.6 Å². The Hall–Kier alpha value is -2.40. The number of hydrogen-bond donors (Lipinski definition) is 6. The Bertz CT molecular complexity index is 737. The summed E-state index contributed by atoms with van der Waals surface area (Å²) in [6.45, 7) is 1.59. The summed E-state index contributed by atoms with van der Waals surface area (Å²) >= 11 is 1.23. The first-order valence-corrected chi connectivity index (χ1v) is 12.8. The number of unbranched alkanes of at least 4 members (excludes halogenated alkanes) is 2. The van der Waals surface area contributed by atoms with Crippen LogP contribution in [-0.2, 0) is 14.4 Å². The van der Waals surface area contributed by atoms with Crippen LogP contribution < -0.4 is 11.1 Å². The fraction of sp³-hybridized carbons (Fsp3) is 0.560. The standard InChI is InChI=1S/C25H40N2O7S/c1-2-3-8-12-19(28)13-9-6-4-5-7-10-15-22(21(29)14-11-16-23(30)31)35-18-20(26)25(34)27-17-24(32)33/h4-7,9-10,13,15,19-22,28-29H,2-3,8,11-12,14,16-18,26H2,1H3,(H,27,34)(H,30,31)(H,32,33)/b6-4+,7-5+,13-9+,15-10+/t19-,20-,21-,22+/m0/s1. The Morgan fingerprint density at radius 3 is 2.11 bits per heavy atom. The predicted molar refractivity (Wildman–Crippen MR) is 139 cm³/mol. The van der Waals surface area contributed by atoms with Gasteiger partial charge in [0, 0.05) is 17.4 Å². The molecule has 0 saturated carbocycles. The molecule has 0 aromatic carbocycles. The SMILES string of the molecule is CCCCC[C@H](O)/C=C/C=C/C=C/C=C/[C@@H](SC[C@H](N)C(=O)NCC(=O)O)[C@@H](O)CCCC(=O)O. The van der Waals surface area contributed by atoms with Gasteiger partial charge >= 0.3 is 11.9 Å². The molecule has 9 nitrogen and oxygen atoms in total. The summed E-state index contributed by atoms with van der Waals surface area (Å²) in [5.74, 6) is -2.57. The van der Waals surface area contributed by atoms with E-state index >= 15 is 0 Å². The van der Waals surface area contributed by atoms with Crippen molar-refractivity contribution in [1.29, 1.82) is 0 Å². The second-order valence-electron chi connectivity index (χ2n) is 7.97. The molecular formula is C25H40N2O7S. The molecule has 0 aliphatic heterocycles. The molecule has 0 unspecified atom stereocenters. The van der Waals surface area contributed by atoms with Crippen LogP contribution in [0.15, 0.2) is 48.6 Å². The van der Waals surface area contributed by atoms with E-state index in [1.807, 2.05) is 0 Å². The number of aliphatic hydroxyl groups is 2.